The molecule has 166 valence electrons. The molecule has 3 fully saturated rings. The molecule has 0 unspecified atom stereocenters. The van der Waals surface area contributed by atoms with Gasteiger partial charge in [0.2, 0.25) is 5.91 Å². The smallest absolute Gasteiger partial charge is 0.223 e. The van der Waals surface area contributed by atoms with Crippen molar-refractivity contribution in [1.29, 1.82) is 0 Å². The van der Waals surface area contributed by atoms with E-state index in [2.05, 4.69) is 29.6 Å². The van der Waals surface area contributed by atoms with Crippen molar-refractivity contribution in [2.45, 2.75) is 69.1 Å². The first-order chi connectivity index (χ1) is 14.4. The third-order valence-corrected chi connectivity index (χ3v) is 7.43. The Kier molecular flexibility index (Phi) is 6.80. The van der Waals surface area contributed by atoms with Crippen LogP contribution < -0.4 is 5.32 Å². The second-order valence-corrected chi connectivity index (χ2v) is 11.5. The monoisotopic (exact) mass is 434 g/mol. The van der Waals surface area contributed by atoms with Crippen LogP contribution in [0.1, 0.15) is 56.4 Å². The molecule has 1 amide bonds. The van der Waals surface area contributed by atoms with Crippen LogP contribution in [0.25, 0.3) is 0 Å². The van der Waals surface area contributed by atoms with Gasteiger partial charge in [-0.3, -0.25) is 10.1 Å². The van der Waals surface area contributed by atoms with Gasteiger partial charge in [0, 0.05) is 25.3 Å². The lowest BCUT2D eigenvalue weighted by atomic mass is 9.77. The van der Waals surface area contributed by atoms with Crippen molar-refractivity contribution in [3.63, 3.8) is 0 Å². The molecule has 7 heteroatoms. The minimum atomic E-state index is -3.11. The van der Waals surface area contributed by atoms with E-state index >= 15 is 0 Å². The number of rotatable bonds is 9. The summed E-state index contributed by atoms with van der Waals surface area (Å²) in [5.74, 6) is 1.24. The van der Waals surface area contributed by atoms with Gasteiger partial charge >= 0.3 is 0 Å². The van der Waals surface area contributed by atoms with Gasteiger partial charge < -0.3 is 9.64 Å². The fourth-order valence-electron chi connectivity index (χ4n) is 4.69. The van der Waals surface area contributed by atoms with E-state index in [9.17, 15) is 13.2 Å². The number of hydrogen-bond acceptors (Lipinski definition) is 5. The number of benzene rings is 1. The summed E-state index contributed by atoms with van der Waals surface area (Å²) >= 11 is 0. The number of amides is 1. The minimum absolute atomic E-state index is 0.0402. The molecule has 1 N–H and O–H groups in total. The van der Waals surface area contributed by atoms with Gasteiger partial charge in [-0.1, -0.05) is 30.3 Å². The Morgan fingerprint density at radius 2 is 1.90 bits per heavy atom. The molecule has 1 aromatic carbocycles. The topological polar surface area (TPSA) is 75.7 Å². The van der Waals surface area contributed by atoms with Crippen LogP contribution in [0.5, 0.6) is 0 Å². The van der Waals surface area contributed by atoms with Crippen molar-refractivity contribution in [3.8, 4) is 0 Å². The number of hydrogen-bond donors (Lipinski definition) is 1. The summed E-state index contributed by atoms with van der Waals surface area (Å²) in [6.45, 7) is 1.22. The zero-order valence-electron chi connectivity index (χ0n) is 17.8. The van der Waals surface area contributed by atoms with E-state index in [1.165, 1.54) is 11.8 Å². The van der Waals surface area contributed by atoms with Crippen molar-refractivity contribution in [2.24, 2.45) is 5.92 Å². The highest BCUT2D eigenvalue weighted by Crippen LogP contribution is 2.39. The zero-order valence-corrected chi connectivity index (χ0v) is 18.6. The average molecular weight is 435 g/mol. The predicted molar refractivity (Wildman–Crippen MR) is 117 cm³/mol. The lowest BCUT2D eigenvalue weighted by Gasteiger charge is -2.43. The Morgan fingerprint density at radius 3 is 2.57 bits per heavy atom. The summed E-state index contributed by atoms with van der Waals surface area (Å²) in [6, 6.07) is 10.4. The summed E-state index contributed by atoms with van der Waals surface area (Å²) in [5, 5.41) is 3.20. The van der Waals surface area contributed by atoms with Gasteiger partial charge in [-0.15, -0.1) is 0 Å². The first-order valence-electron chi connectivity index (χ1n) is 11.3. The van der Waals surface area contributed by atoms with Gasteiger partial charge in [0.05, 0.1) is 24.6 Å². The van der Waals surface area contributed by atoms with Crippen molar-refractivity contribution < 1.29 is 17.9 Å². The highest BCUT2D eigenvalue weighted by atomic mass is 32.2. The SMILES string of the molecule is CS(=O)(=O)CN[C@H]1CCCN(C(=O)CC2CC2)[C@H]1COC1CC(c2ccccc2)C1. The summed E-state index contributed by atoms with van der Waals surface area (Å²) in [6.07, 6.45) is 8.16. The van der Waals surface area contributed by atoms with Crippen LogP contribution in [-0.4, -0.2) is 62.7 Å². The van der Waals surface area contributed by atoms with Crippen molar-refractivity contribution in [1.82, 2.24) is 10.2 Å². The molecule has 2 aliphatic carbocycles. The van der Waals surface area contributed by atoms with Crippen molar-refractivity contribution in [2.75, 3.05) is 25.3 Å². The van der Waals surface area contributed by atoms with E-state index < -0.39 is 9.84 Å². The number of nitrogens with one attached hydrogen (secondary N) is 1. The van der Waals surface area contributed by atoms with Crippen LogP contribution in [0.2, 0.25) is 0 Å². The molecule has 0 aromatic heterocycles. The molecule has 2 atom stereocenters. The first-order valence-corrected chi connectivity index (χ1v) is 13.3. The number of nitrogens with zero attached hydrogens (tertiary/aromatic N) is 1. The van der Waals surface area contributed by atoms with Gasteiger partial charge in [-0.25, -0.2) is 8.42 Å². The molecule has 0 spiro atoms. The lowest BCUT2D eigenvalue weighted by Crippen LogP contribution is -2.59. The molecule has 1 saturated heterocycles. The summed E-state index contributed by atoms with van der Waals surface area (Å²) in [4.78, 5) is 14.9. The van der Waals surface area contributed by atoms with Gasteiger partial charge in [-0.05, 0) is 55.9 Å². The summed E-state index contributed by atoms with van der Waals surface area (Å²) in [5.41, 5.74) is 1.36. The molecule has 0 bridgehead atoms. The molecule has 1 heterocycles. The number of piperidine rings is 1. The van der Waals surface area contributed by atoms with E-state index in [-0.39, 0.29) is 30.0 Å². The molecule has 1 aromatic rings. The largest absolute Gasteiger partial charge is 0.376 e. The van der Waals surface area contributed by atoms with Crippen molar-refractivity contribution >= 4 is 15.7 Å². The maximum absolute atomic E-state index is 12.9. The number of sulfone groups is 1. The molecule has 6 nitrogen and oxygen atoms in total. The third-order valence-electron chi connectivity index (χ3n) is 6.74. The molecule has 0 radical (unpaired) electrons. The molecule has 2 saturated carbocycles. The molecular formula is C23H34N2O4S. The lowest BCUT2D eigenvalue weighted by molar-refractivity contribution is -0.139. The maximum Gasteiger partial charge on any atom is 0.223 e. The predicted octanol–water partition coefficient (Wildman–Crippen LogP) is 2.70. The molecular weight excluding hydrogens is 400 g/mol. The Labute approximate surface area is 180 Å². The average Bonchev–Trinajstić information content (AvgIpc) is 3.49. The second kappa shape index (κ2) is 9.37. The molecule has 4 rings (SSSR count). The third kappa shape index (κ3) is 5.83. The van der Waals surface area contributed by atoms with E-state index in [1.54, 1.807) is 0 Å². The van der Waals surface area contributed by atoms with Crippen LogP contribution >= 0.6 is 0 Å². The standard InChI is InChI=1S/C23H34N2O4S/c1-30(27,28)16-24-21-8-5-11-25(23(26)12-17-9-10-17)22(21)15-29-20-13-19(14-20)18-6-3-2-4-7-18/h2-4,6-7,17,19-22,24H,5,8-16H2,1H3/t19?,20?,21-,22-/m0/s1. The fraction of sp³-hybridized carbons (Fsp3) is 0.696. The second-order valence-electron chi connectivity index (χ2n) is 9.36. The Hall–Kier alpha value is -1.44. The van der Waals surface area contributed by atoms with E-state index in [0.29, 0.717) is 24.9 Å². The summed E-state index contributed by atoms with van der Waals surface area (Å²) < 4.78 is 29.6. The van der Waals surface area contributed by atoms with Crippen LogP contribution in [-0.2, 0) is 19.4 Å². The van der Waals surface area contributed by atoms with Gasteiger partial charge in [-0.2, -0.15) is 0 Å². The molecule has 3 aliphatic rings. The van der Waals surface area contributed by atoms with Gasteiger partial charge in [0.15, 0.2) is 9.84 Å². The Balaban J connectivity index is 1.35. The first kappa shape index (κ1) is 21.8. The van der Waals surface area contributed by atoms with Crippen LogP contribution in [0.15, 0.2) is 30.3 Å². The maximum atomic E-state index is 12.9. The Morgan fingerprint density at radius 1 is 1.17 bits per heavy atom. The highest BCUT2D eigenvalue weighted by Gasteiger charge is 2.38. The Bertz CT molecular complexity index is 819. The van der Waals surface area contributed by atoms with E-state index in [4.69, 9.17) is 4.74 Å². The number of carbonyl (C=O) groups is 1. The van der Waals surface area contributed by atoms with Crippen LogP contribution in [0.4, 0.5) is 0 Å². The fourth-order valence-corrected chi connectivity index (χ4v) is 5.21. The highest BCUT2D eigenvalue weighted by molar-refractivity contribution is 7.90. The quantitative estimate of drug-likeness (QED) is 0.647. The zero-order chi connectivity index (χ0) is 21.1. The van der Waals surface area contributed by atoms with Crippen LogP contribution in [0.3, 0.4) is 0 Å². The summed E-state index contributed by atoms with van der Waals surface area (Å²) in [7, 11) is -3.11. The number of ether oxygens (including phenoxy) is 1. The van der Waals surface area contributed by atoms with Gasteiger partial charge in [0.25, 0.3) is 0 Å². The molecule has 30 heavy (non-hydrogen) atoms. The van der Waals surface area contributed by atoms with Gasteiger partial charge in [0.1, 0.15) is 0 Å². The van der Waals surface area contributed by atoms with E-state index in [0.717, 1.165) is 45.1 Å². The van der Waals surface area contributed by atoms with E-state index in [1.807, 2.05) is 11.0 Å². The minimum Gasteiger partial charge on any atom is -0.376 e. The van der Waals surface area contributed by atoms with Crippen LogP contribution in [0, 0.1) is 5.92 Å². The normalized spacial score (nSPS) is 29.4. The molecule has 1 aliphatic heterocycles. The van der Waals surface area contributed by atoms with Crippen molar-refractivity contribution in [3.05, 3.63) is 35.9 Å². The number of carbonyl (C=O) groups excluding carboxylic acids is 1. The number of likely N-dealkylation sites (tertiary alicyclic amines) is 1.